The number of hydrogen-bond donors (Lipinski definition) is 1. The maximum atomic E-state index is 13.2. The molecule has 1 fully saturated rings. The van der Waals surface area contributed by atoms with Crippen LogP contribution in [0.3, 0.4) is 0 Å². The maximum absolute atomic E-state index is 13.2. The Morgan fingerprint density at radius 2 is 1.91 bits per heavy atom. The zero-order valence-electron chi connectivity index (χ0n) is 18.6. The van der Waals surface area contributed by atoms with E-state index in [-0.39, 0.29) is 11.3 Å². The third kappa shape index (κ3) is 4.28. The quantitative estimate of drug-likeness (QED) is 0.250. The minimum Gasteiger partial charge on any atom is -0.507 e. The third-order valence-electron chi connectivity index (χ3n) is 5.59. The number of anilines is 1. The van der Waals surface area contributed by atoms with Crippen LogP contribution in [0, 0.1) is 13.8 Å². The number of carbonyl (C=O) groups is 2. The van der Waals surface area contributed by atoms with Crippen molar-refractivity contribution in [2.75, 3.05) is 11.5 Å². The van der Waals surface area contributed by atoms with Gasteiger partial charge in [-0.1, -0.05) is 24.6 Å². The van der Waals surface area contributed by atoms with Gasteiger partial charge in [0.25, 0.3) is 11.7 Å². The lowest BCUT2D eigenvalue weighted by Crippen LogP contribution is -2.29. The molecule has 0 aliphatic carbocycles. The lowest BCUT2D eigenvalue weighted by atomic mass is 9.98. The molecule has 1 aromatic heterocycles. The average molecular weight is 482 g/mol. The number of aliphatic hydroxyl groups excluding tert-OH is 1. The molecule has 1 aliphatic rings. The van der Waals surface area contributed by atoms with E-state index in [0.717, 1.165) is 28.2 Å². The van der Waals surface area contributed by atoms with Crippen molar-refractivity contribution < 1.29 is 19.4 Å². The van der Waals surface area contributed by atoms with Crippen LogP contribution in [0.1, 0.15) is 41.0 Å². The number of halogens is 1. The van der Waals surface area contributed by atoms with Gasteiger partial charge in [-0.3, -0.25) is 14.5 Å². The maximum Gasteiger partial charge on any atom is 0.300 e. The van der Waals surface area contributed by atoms with Crippen molar-refractivity contribution in [3.05, 3.63) is 86.1 Å². The normalized spacial score (nSPS) is 17.6. The third-order valence-corrected chi connectivity index (χ3v) is 6.75. The molecule has 5 nitrogen and oxygen atoms in total. The number of rotatable bonds is 6. The van der Waals surface area contributed by atoms with Crippen molar-refractivity contribution in [1.29, 1.82) is 0 Å². The van der Waals surface area contributed by atoms with E-state index >= 15 is 0 Å². The number of carbonyl (C=O) groups excluding carboxylic acids is 2. The van der Waals surface area contributed by atoms with Gasteiger partial charge in [0.2, 0.25) is 0 Å². The Morgan fingerprint density at radius 3 is 2.55 bits per heavy atom. The molecule has 1 unspecified atom stereocenters. The van der Waals surface area contributed by atoms with Crippen LogP contribution in [0.25, 0.3) is 5.76 Å². The summed E-state index contributed by atoms with van der Waals surface area (Å²) >= 11 is 7.54. The molecule has 7 heteroatoms. The Labute approximate surface area is 201 Å². The predicted octanol–water partition coefficient (Wildman–Crippen LogP) is 6.43. The zero-order valence-corrected chi connectivity index (χ0v) is 20.2. The van der Waals surface area contributed by atoms with Crippen molar-refractivity contribution in [2.45, 2.75) is 33.2 Å². The second-order valence-electron chi connectivity index (χ2n) is 7.94. The smallest absolute Gasteiger partial charge is 0.300 e. The highest BCUT2D eigenvalue weighted by Crippen LogP contribution is 2.44. The molecule has 3 aromatic rings. The fourth-order valence-corrected chi connectivity index (χ4v) is 5.06. The van der Waals surface area contributed by atoms with Crippen molar-refractivity contribution >= 4 is 46.1 Å². The first kappa shape index (κ1) is 23.1. The fraction of sp³-hybridized carbons (Fsp3) is 0.231. The van der Waals surface area contributed by atoms with Gasteiger partial charge in [0.15, 0.2) is 0 Å². The Balaban J connectivity index is 1.86. The summed E-state index contributed by atoms with van der Waals surface area (Å²) in [7, 11) is 0. The zero-order chi connectivity index (χ0) is 23.7. The lowest BCUT2D eigenvalue weighted by molar-refractivity contribution is -0.132. The van der Waals surface area contributed by atoms with E-state index < -0.39 is 17.7 Å². The van der Waals surface area contributed by atoms with Crippen molar-refractivity contribution in [2.24, 2.45) is 0 Å². The van der Waals surface area contributed by atoms with Crippen molar-refractivity contribution in [3.63, 3.8) is 0 Å². The lowest BCUT2D eigenvalue weighted by Gasteiger charge is -2.25. The van der Waals surface area contributed by atoms with Crippen LogP contribution in [0.15, 0.2) is 59.5 Å². The first-order valence-corrected chi connectivity index (χ1v) is 11.9. The van der Waals surface area contributed by atoms with Crippen LogP contribution in [0.2, 0.25) is 5.02 Å². The molecule has 0 bridgehead atoms. The summed E-state index contributed by atoms with van der Waals surface area (Å²) in [6.07, 6.45) is 0.884. The van der Waals surface area contributed by atoms with E-state index in [9.17, 15) is 14.7 Å². The number of Topliss-reactive ketones (excluding diaryl/α,β-unsaturated/α-hetero) is 1. The van der Waals surface area contributed by atoms with Gasteiger partial charge in [-0.15, -0.1) is 11.3 Å². The summed E-state index contributed by atoms with van der Waals surface area (Å²) in [5.41, 5.74) is 2.71. The second-order valence-corrected chi connectivity index (χ2v) is 9.36. The highest BCUT2D eigenvalue weighted by Gasteiger charge is 2.47. The minimum absolute atomic E-state index is 0.0680. The summed E-state index contributed by atoms with van der Waals surface area (Å²) in [5, 5.41) is 13.7. The van der Waals surface area contributed by atoms with Crippen LogP contribution < -0.4 is 9.64 Å². The largest absolute Gasteiger partial charge is 0.507 e. The molecule has 1 amide bonds. The Kier molecular flexibility index (Phi) is 6.58. The molecule has 1 N–H and O–H groups in total. The Bertz CT molecular complexity index is 1250. The summed E-state index contributed by atoms with van der Waals surface area (Å²) in [6.45, 7) is 6.34. The summed E-state index contributed by atoms with van der Waals surface area (Å²) in [4.78, 5) is 28.7. The highest BCUT2D eigenvalue weighted by molar-refractivity contribution is 7.10. The molecule has 0 radical (unpaired) electrons. The monoisotopic (exact) mass is 481 g/mol. The van der Waals surface area contributed by atoms with Crippen molar-refractivity contribution in [1.82, 2.24) is 0 Å². The molecule has 2 heterocycles. The molecule has 1 saturated heterocycles. The second kappa shape index (κ2) is 9.41. The molecule has 170 valence electrons. The SMILES string of the molecule is CCCOc1ccc(/C(O)=C2/C(=O)C(=O)N(c3ccc(Cl)cc3C)C2c2cccs2)cc1C. The molecular weight excluding hydrogens is 458 g/mol. The van der Waals surface area contributed by atoms with Gasteiger partial charge in [-0.2, -0.15) is 0 Å². The Morgan fingerprint density at radius 1 is 1.12 bits per heavy atom. The Hall–Kier alpha value is -3.09. The number of aliphatic hydroxyl groups is 1. The molecule has 1 atom stereocenters. The number of aryl methyl sites for hydroxylation is 2. The summed E-state index contributed by atoms with van der Waals surface area (Å²) in [5.74, 6) is -0.879. The van der Waals surface area contributed by atoms with E-state index in [1.54, 1.807) is 36.4 Å². The van der Waals surface area contributed by atoms with Gasteiger partial charge >= 0.3 is 0 Å². The molecule has 4 rings (SSSR count). The average Bonchev–Trinajstić information content (AvgIpc) is 3.40. The van der Waals surface area contributed by atoms with Gasteiger partial charge in [-0.05, 0) is 79.2 Å². The van der Waals surface area contributed by atoms with E-state index in [0.29, 0.717) is 22.9 Å². The topological polar surface area (TPSA) is 66.8 Å². The predicted molar refractivity (Wildman–Crippen MR) is 132 cm³/mol. The number of hydrogen-bond acceptors (Lipinski definition) is 5. The number of benzene rings is 2. The van der Waals surface area contributed by atoms with Gasteiger partial charge in [-0.25, -0.2) is 0 Å². The number of ketones is 1. The van der Waals surface area contributed by atoms with Gasteiger partial charge in [0.1, 0.15) is 17.6 Å². The van der Waals surface area contributed by atoms with Crippen LogP contribution in [-0.2, 0) is 9.59 Å². The molecule has 0 saturated carbocycles. The van der Waals surface area contributed by atoms with Crippen molar-refractivity contribution in [3.8, 4) is 5.75 Å². The number of amides is 1. The van der Waals surface area contributed by atoms with Crippen LogP contribution in [0.5, 0.6) is 5.75 Å². The molecule has 2 aromatic carbocycles. The minimum atomic E-state index is -0.735. The van der Waals surface area contributed by atoms with Gasteiger partial charge < -0.3 is 9.84 Å². The number of thiophene rings is 1. The summed E-state index contributed by atoms with van der Waals surface area (Å²) < 4.78 is 5.73. The van der Waals surface area contributed by atoms with E-state index in [1.165, 1.54) is 16.2 Å². The van der Waals surface area contributed by atoms with Gasteiger partial charge in [0, 0.05) is 21.2 Å². The number of nitrogens with zero attached hydrogens (tertiary/aromatic N) is 1. The van der Waals surface area contributed by atoms with E-state index in [2.05, 4.69) is 0 Å². The molecule has 33 heavy (non-hydrogen) atoms. The fourth-order valence-electron chi connectivity index (χ4n) is 4.01. The van der Waals surface area contributed by atoms with E-state index in [4.69, 9.17) is 16.3 Å². The van der Waals surface area contributed by atoms with Crippen LogP contribution >= 0.6 is 22.9 Å². The molecular formula is C26H24ClNO4S. The first-order chi connectivity index (χ1) is 15.8. The molecule has 0 spiro atoms. The van der Waals surface area contributed by atoms with Crippen LogP contribution in [-0.4, -0.2) is 23.4 Å². The van der Waals surface area contributed by atoms with Crippen LogP contribution in [0.4, 0.5) is 5.69 Å². The van der Waals surface area contributed by atoms with Gasteiger partial charge in [0.05, 0.1) is 12.2 Å². The van der Waals surface area contributed by atoms with E-state index in [1.807, 2.05) is 38.3 Å². The summed E-state index contributed by atoms with van der Waals surface area (Å²) in [6, 6.07) is 13.4. The first-order valence-electron chi connectivity index (χ1n) is 10.7. The molecule has 1 aliphatic heterocycles. The number of ether oxygens (including phenoxy) is 1. The highest BCUT2D eigenvalue weighted by atomic mass is 35.5. The standard InChI is InChI=1S/C26H24ClNO4S/c1-4-11-32-20-10-7-17(13-16(20)3)24(29)22-23(21-6-5-12-33-21)28(26(31)25(22)30)19-9-8-18(27)14-15(19)2/h5-10,12-14,23,29H,4,11H2,1-3H3/b24-22-.